The molecule has 0 saturated carbocycles. The van der Waals surface area contributed by atoms with Gasteiger partial charge in [0.1, 0.15) is 22.8 Å². The summed E-state index contributed by atoms with van der Waals surface area (Å²) in [5.41, 5.74) is 1.69. The van der Waals surface area contributed by atoms with Crippen LogP contribution in [-0.2, 0) is 22.2 Å². The van der Waals surface area contributed by atoms with Crippen LogP contribution in [0.4, 0.5) is 5.69 Å². The van der Waals surface area contributed by atoms with E-state index in [9.17, 15) is 9.00 Å². The first-order valence-corrected chi connectivity index (χ1v) is 9.96. The predicted molar refractivity (Wildman–Crippen MR) is 111 cm³/mol. The first kappa shape index (κ1) is 21.1. The van der Waals surface area contributed by atoms with Crippen LogP contribution in [0.3, 0.4) is 0 Å². The largest absolute Gasteiger partial charge is 0.497 e. The lowest BCUT2D eigenvalue weighted by Crippen LogP contribution is -2.48. The van der Waals surface area contributed by atoms with Gasteiger partial charge in [0.2, 0.25) is 5.91 Å². The third kappa shape index (κ3) is 5.91. The maximum atomic E-state index is 13.0. The number of rotatable bonds is 7. The molecule has 0 radical (unpaired) electrons. The smallest absolute Gasteiger partial charge is 0.243 e. The molecule has 0 fully saturated rings. The van der Waals surface area contributed by atoms with Gasteiger partial charge in [-0.25, -0.2) is 8.51 Å². The molecule has 27 heavy (non-hydrogen) atoms. The molecule has 0 heterocycles. The van der Waals surface area contributed by atoms with E-state index < -0.39 is 21.8 Å². The quantitative estimate of drug-likeness (QED) is 0.788. The molecule has 2 aromatic carbocycles. The van der Waals surface area contributed by atoms with Gasteiger partial charge in [-0.1, -0.05) is 30.3 Å². The maximum absolute atomic E-state index is 13.0. The number of likely N-dealkylation sites (N-methyl/N-ethyl adjacent to an activating group) is 1. The topological polar surface area (TPSA) is 58.6 Å². The number of benzene rings is 2. The van der Waals surface area contributed by atoms with Crippen LogP contribution in [-0.4, -0.2) is 39.4 Å². The molecule has 0 aliphatic carbocycles. The Bertz CT molecular complexity index is 770. The van der Waals surface area contributed by atoms with E-state index in [2.05, 4.69) is 5.32 Å². The number of carbonyl (C=O) groups excluding carboxylic acids is 1. The van der Waals surface area contributed by atoms with Gasteiger partial charge in [-0.15, -0.1) is 0 Å². The normalized spacial score (nSPS) is 13.9. The number of hydrogen-bond acceptors (Lipinski definition) is 3. The second kappa shape index (κ2) is 9.15. The van der Waals surface area contributed by atoms with E-state index in [1.807, 2.05) is 51.1 Å². The molecule has 2 aromatic rings. The molecule has 6 heteroatoms. The summed E-state index contributed by atoms with van der Waals surface area (Å²) in [5, 5.41) is 2.93. The Kier molecular flexibility index (Phi) is 7.16. The Morgan fingerprint density at radius 1 is 1.11 bits per heavy atom. The Morgan fingerprint density at radius 2 is 1.70 bits per heavy atom. The van der Waals surface area contributed by atoms with Crippen molar-refractivity contribution in [1.29, 1.82) is 0 Å². The molecule has 2 rings (SSSR count). The number of carbonyl (C=O) groups is 1. The molecule has 0 aromatic heterocycles. The second-order valence-electron chi connectivity index (χ2n) is 7.33. The minimum Gasteiger partial charge on any atom is -0.497 e. The number of hydrogen-bond donors (Lipinski definition) is 1. The average molecular weight is 389 g/mol. The fourth-order valence-electron chi connectivity index (χ4n) is 2.67. The van der Waals surface area contributed by atoms with Crippen LogP contribution >= 0.6 is 0 Å². The zero-order chi connectivity index (χ0) is 20.0. The molecule has 0 bridgehead atoms. The summed E-state index contributed by atoms with van der Waals surface area (Å²) in [4.78, 5) is 13.0. The van der Waals surface area contributed by atoms with Gasteiger partial charge in [-0.05, 0) is 57.0 Å². The van der Waals surface area contributed by atoms with Gasteiger partial charge in [0.25, 0.3) is 0 Å². The first-order valence-electron chi connectivity index (χ1n) is 8.86. The van der Waals surface area contributed by atoms with Crippen LogP contribution in [0, 0.1) is 0 Å². The number of nitrogens with zero attached hydrogens (tertiary/aromatic N) is 1. The summed E-state index contributed by atoms with van der Waals surface area (Å²) < 4.78 is 19.2. The van der Waals surface area contributed by atoms with E-state index in [0.29, 0.717) is 12.1 Å². The highest BCUT2D eigenvalue weighted by atomic mass is 32.2. The van der Waals surface area contributed by atoms with E-state index in [0.717, 1.165) is 11.3 Å². The van der Waals surface area contributed by atoms with E-state index >= 15 is 0 Å². The third-order valence-electron chi connectivity index (χ3n) is 4.16. The molecule has 2 atom stereocenters. The summed E-state index contributed by atoms with van der Waals surface area (Å²) in [5.74, 6) is 0.531. The van der Waals surface area contributed by atoms with Gasteiger partial charge in [0.05, 0.1) is 11.9 Å². The Hall–Kier alpha value is -2.18. The molecule has 1 amide bonds. The van der Waals surface area contributed by atoms with Crippen molar-refractivity contribution in [3.63, 3.8) is 0 Å². The molecule has 0 aliphatic rings. The highest BCUT2D eigenvalue weighted by molar-refractivity contribution is 7.84. The molecule has 1 N–H and O–H groups in total. The summed E-state index contributed by atoms with van der Waals surface area (Å²) >= 11 is 0. The first-order chi connectivity index (χ1) is 12.7. The average Bonchev–Trinajstić information content (AvgIpc) is 2.65. The lowest BCUT2D eigenvalue weighted by molar-refractivity contribution is -0.119. The molecule has 0 aliphatic heterocycles. The Labute approximate surface area is 164 Å². The minimum atomic E-state index is -1.32. The van der Waals surface area contributed by atoms with E-state index in [1.54, 1.807) is 42.7 Å². The van der Waals surface area contributed by atoms with Crippen molar-refractivity contribution in [2.45, 2.75) is 38.0 Å². The van der Waals surface area contributed by atoms with Crippen LogP contribution in [0.1, 0.15) is 26.3 Å². The predicted octanol–water partition coefficient (Wildman–Crippen LogP) is 3.64. The molecule has 0 saturated heterocycles. The van der Waals surface area contributed by atoms with Gasteiger partial charge >= 0.3 is 0 Å². The van der Waals surface area contributed by atoms with Crippen molar-refractivity contribution in [1.82, 2.24) is 4.31 Å². The van der Waals surface area contributed by atoms with Gasteiger partial charge < -0.3 is 10.1 Å². The molecular weight excluding hydrogens is 360 g/mol. The highest BCUT2D eigenvalue weighted by Crippen LogP contribution is 2.21. The number of amides is 1. The SMILES string of the molecule is COc1ccc(NC(=O)C(Cc2ccccc2)N(C)S(=O)C(C)(C)C)cc1. The van der Waals surface area contributed by atoms with Gasteiger partial charge in [0.15, 0.2) is 0 Å². The van der Waals surface area contributed by atoms with Gasteiger partial charge in [-0.3, -0.25) is 4.79 Å². The highest BCUT2D eigenvalue weighted by Gasteiger charge is 2.33. The van der Waals surface area contributed by atoms with Crippen LogP contribution in [0.15, 0.2) is 54.6 Å². The summed E-state index contributed by atoms with van der Waals surface area (Å²) in [7, 11) is 2.02. The van der Waals surface area contributed by atoms with Crippen molar-refractivity contribution in [2.24, 2.45) is 0 Å². The van der Waals surface area contributed by atoms with Crippen molar-refractivity contribution in [3.8, 4) is 5.75 Å². The standard InChI is InChI=1S/C21H28N2O3S/c1-21(2,3)27(25)23(4)19(15-16-9-7-6-8-10-16)20(24)22-17-11-13-18(26-5)14-12-17/h6-14,19H,15H2,1-5H3,(H,22,24). The van der Waals surface area contributed by atoms with Crippen molar-refractivity contribution in [3.05, 3.63) is 60.2 Å². The fourth-order valence-corrected chi connectivity index (χ4v) is 3.94. The molecule has 146 valence electrons. The van der Waals surface area contributed by atoms with Gasteiger partial charge in [-0.2, -0.15) is 0 Å². The Morgan fingerprint density at radius 3 is 2.22 bits per heavy atom. The number of ether oxygens (including phenoxy) is 1. The zero-order valence-electron chi connectivity index (χ0n) is 16.6. The summed E-state index contributed by atoms with van der Waals surface area (Å²) in [6.07, 6.45) is 0.473. The van der Waals surface area contributed by atoms with Crippen molar-refractivity contribution in [2.75, 3.05) is 19.5 Å². The van der Waals surface area contributed by atoms with Crippen LogP contribution in [0.5, 0.6) is 5.75 Å². The van der Waals surface area contributed by atoms with E-state index in [4.69, 9.17) is 4.74 Å². The van der Waals surface area contributed by atoms with Gasteiger partial charge in [0, 0.05) is 12.7 Å². The molecule has 0 spiro atoms. The Balaban J connectivity index is 2.23. The molecule has 2 unspecified atom stereocenters. The third-order valence-corrected chi connectivity index (χ3v) is 5.98. The lowest BCUT2D eigenvalue weighted by Gasteiger charge is -2.31. The number of nitrogens with one attached hydrogen (secondary N) is 1. The molecular formula is C21H28N2O3S. The lowest BCUT2D eigenvalue weighted by atomic mass is 10.1. The number of anilines is 1. The zero-order valence-corrected chi connectivity index (χ0v) is 17.4. The monoisotopic (exact) mass is 388 g/mol. The summed E-state index contributed by atoms with van der Waals surface area (Å²) in [6.45, 7) is 5.71. The van der Waals surface area contributed by atoms with E-state index in [1.165, 1.54) is 0 Å². The maximum Gasteiger partial charge on any atom is 0.243 e. The number of methoxy groups -OCH3 is 1. The molecule has 5 nitrogen and oxygen atoms in total. The second-order valence-corrected chi connectivity index (χ2v) is 9.63. The minimum absolute atomic E-state index is 0.191. The van der Waals surface area contributed by atoms with Crippen molar-refractivity contribution >= 4 is 22.6 Å². The van der Waals surface area contributed by atoms with Crippen LogP contribution in [0.2, 0.25) is 0 Å². The van der Waals surface area contributed by atoms with Crippen LogP contribution in [0.25, 0.3) is 0 Å². The van der Waals surface area contributed by atoms with Crippen LogP contribution < -0.4 is 10.1 Å². The van der Waals surface area contributed by atoms with Crippen molar-refractivity contribution < 1.29 is 13.7 Å². The van der Waals surface area contributed by atoms with E-state index in [-0.39, 0.29) is 5.91 Å². The summed E-state index contributed by atoms with van der Waals surface area (Å²) in [6, 6.07) is 16.4. The fraction of sp³-hybridized carbons (Fsp3) is 0.381.